The van der Waals surface area contributed by atoms with Crippen LogP contribution in [0, 0.1) is 0 Å². The third-order valence-electron chi connectivity index (χ3n) is 3.75. The van der Waals surface area contributed by atoms with Crippen LogP contribution in [-0.2, 0) is 17.6 Å². The first kappa shape index (κ1) is 14.0. The van der Waals surface area contributed by atoms with E-state index in [1.807, 2.05) is 0 Å². The molecule has 3 rings (SSSR count). The molecule has 7 heteroatoms. The van der Waals surface area contributed by atoms with Crippen molar-refractivity contribution >= 4 is 17.5 Å². The zero-order valence-electron chi connectivity index (χ0n) is 11.5. The van der Waals surface area contributed by atoms with E-state index in [1.54, 1.807) is 18.6 Å². The molecule has 0 aliphatic heterocycles. The van der Waals surface area contributed by atoms with Crippen molar-refractivity contribution in [2.24, 2.45) is 0 Å². The van der Waals surface area contributed by atoms with Crippen molar-refractivity contribution in [3.05, 3.63) is 40.7 Å². The second-order valence-electron chi connectivity index (χ2n) is 5.08. The summed E-state index contributed by atoms with van der Waals surface area (Å²) in [5, 5.41) is 10.3. The van der Waals surface area contributed by atoms with Crippen LogP contribution in [-0.4, -0.2) is 32.6 Å². The Morgan fingerprint density at radius 1 is 1.43 bits per heavy atom. The number of rotatable bonds is 4. The highest BCUT2D eigenvalue weighted by Gasteiger charge is 2.27. The predicted molar refractivity (Wildman–Crippen MR) is 78.0 cm³/mol. The van der Waals surface area contributed by atoms with Crippen molar-refractivity contribution < 1.29 is 4.79 Å². The summed E-state index contributed by atoms with van der Waals surface area (Å²) in [6.45, 7) is 0.501. The Bertz CT molecular complexity index is 642. The van der Waals surface area contributed by atoms with Gasteiger partial charge in [-0.25, -0.2) is 4.98 Å². The van der Waals surface area contributed by atoms with Crippen molar-refractivity contribution in [1.82, 2.24) is 25.5 Å². The maximum atomic E-state index is 12.3. The van der Waals surface area contributed by atoms with Gasteiger partial charge in [-0.2, -0.15) is 5.10 Å². The van der Waals surface area contributed by atoms with E-state index in [9.17, 15) is 4.79 Å². The fraction of sp³-hybridized carbons (Fsp3) is 0.429. The summed E-state index contributed by atoms with van der Waals surface area (Å²) in [5.41, 5.74) is 2.81. The average Bonchev–Trinajstić information content (AvgIpc) is 2.97. The first-order chi connectivity index (χ1) is 10.3. The van der Waals surface area contributed by atoms with Gasteiger partial charge in [0.1, 0.15) is 0 Å². The third kappa shape index (κ3) is 3.05. The molecule has 0 spiro atoms. The maximum Gasteiger partial charge on any atom is 0.227 e. The molecular weight excluding hydrogens is 290 g/mol. The summed E-state index contributed by atoms with van der Waals surface area (Å²) in [6.07, 6.45) is 8.32. The number of carbonyl (C=O) groups excluding carboxylic acids is 1. The minimum atomic E-state index is -0.107. The first-order valence-electron chi connectivity index (χ1n) is 7.01. The standard InChI is InChI=1S/C14H16ClN5O/c15-13-12(16-6-7-17-13)4-5-18-14(21)9-2-1-3-11-10(9)8-19-20-11/h6-9H,1-5H2,(H,18,21)(H,19,20). The number of nitrogens with one attached hydrogen (secondary N) is 2. The SMILES string of the molecule is O=C(NCCc1nccnc1Cl)C1CCCc2[nH]ncc21. The molecule has 21 heavy (non-hydrogen) atoms. The molecule has 0 bridgehead atoms. The number of nitrogens with zero attached hydrogens (tertiary/aromatic N) is 3. The van der Waals surface area contributed by atoms with Gasteiger partial charge >= 0.3 is 0 Å². The zero-order chi connectivity index (χ0) is 14.7. The molecule has 1 aliphatic carbocycles. The lowest BCUT2D eigenvalue weighted by Crippen LogP contribution is -2.32. The van der Waals surface area contributed by atoms with Gasteiger partial charge in [-0.05, 0) is 19.3 Å². The molecule has 1 unspecified atom stereocenters. The normalized spacial score (nSPS) is 17.3. The third-order valence-corrected chi connectivity index (χ3v) is 4.06. The van der Waals surface area contributed by atoms with Crippen LogP contribution in [0.4, 0.5) is 0 Å². The summed E-state index contributed by atoms with van der Waals surface area (Å²) in [5.74, 6) is -0.0674. The van der Waals surface area contributed by atoms with Crippen LogP contribution < -0.4 is 5.32 Å². The van der Waals surface area contributed by atoms with Crippen molar-refractivity contribution in [1.29, 1.82) is 0 Å². The molecule has 1 aliphatic rings. The number of fused-ring (bicyclic) bond motifs is 1. The van der Waals surface area contributed by atoms with Crippen molar-refractivity contribution in [2.75, 3.05) is 6.54 Å². The average molecular weight is 306 g/mol. The molecule has 110 valence electrons. The van der Waals surface area contributed by atoms with E-state index in [0.29, 0.717) is 23.8 Å². The molecular formula is C14H16ClN5O. The largest absolute Gasteiger partial charge is 0.355 e. The van der Waals surface area contributed by atoms with Crippen LogP contribution in [0.2, 0.25) is 5.15 Å². The number of hydrogen-bond donors (Lipinski definition) is 2. The van der Waals surface area contributed by atoms with E-state index >= 15 is 0 Å². The summed E-state index contributed by atoms with van der Waals surface area (Å²) < 4.78 is 0. The molecule has 1 atom stereocenters. The molecule has 6 nitrogen and oxygen atoms in total. The Morgan fingerprint density at radius 2 is 2.29 bits per heavy atom. The van der Waals surface area contributed by atoms with E-state index in [1.165, 1.54) is 0 Å². The monoisotopic (exact) mass is 305 g/mol. The van der Waals surface area contributed by atoms with Crippen LogP contribution in [0.25, 0.3) is 0 Å². The number of hydrogen-bond acceptors (Lipinski definition) is 4. The number of aromatic nitrogens is 4. The number of amides is 1. The van der Waals surface area contributed by atoms with Crippen molar-refractivity contribution in [3.63, 3.8) is 0 Å². The number of aryl methyl sites for hydroxylation is 1. The molecule has 0 saturated heterocycles. The summed E-state index contributed by atoms with van der Waals surface area (Å²) in [7, 11) is 0. The van der Waals surface area contributed by atoms with E-state index in [-0.39, 0.29) is 11.8 Å². The van der Waals surface area contributed by atoms with Crippen LogP contribution in [0.15, 0.2) is 18.6 Å². The fourth-order valence-corrected chi connectivity index (χ4v) is 2.88. The Morgan fingerprint density at radius 3 is 3.14 bits per heavy atom. The highest BCUT2D eigenvalue weighted by Crippen LogP contribution is 2.30. The molecule has 0 saturated carbocycles. The molecule has 1 amide bonds. The minimum Gasteiger partial charge on any atom is -0.355 e. The van der Waals surface area contributed by atoms with Gasteiger partial charge < -0.3 is 5.32 Å². The van der Waals surface area contributed by atoms with E-state index in [0.717, 1.165) is 30.5 Å². The van der Waals surface area contributed by atoms with E-state index in [4.69, 9.17) is 11.6 Å². The number of carbonyl (C=O) groups is 1. The van der Waals surface area contributed by atoms with Crippen LogP contribution in [0.1, 0.15) is 35.7 Å². The molecule has 0 aromatic carbocycles. The minimum absolute atomic E-state index is 0.0392. The smallest absolute Gasteiger partial charge is 0.227 e. The van der Waals surface area contributed by atoms with Gasteiger partial charge in [0.15, 0.2) is 5.15 Å². The Balaban J connectivity index is 1.57. The second kappa shape index (κ2) is 6.22. The second-order valence-corrected chi connectivity index (χ2v) is 5.44. The molecule has 2 heterocycles. The van der Waals surface area contributed by atoms with E-state index < -0.39 is 0 Å². The van der Waals surface area contributed by atoms with Gasteiger partial charge in [0.25, 0.3) is 0 Å². The number of H-pyrrole nitrogens is 1. The van der Waals surface area contributed by atoms with Gasteiger partial charge in [-0.15, -0.1) is 0 Å². The number of aromatic amines is 1. The van der Waals surface area contributed by atoms with Crippen LogP contribution in [0.5, 0.6) is 0 Å². The lowest BCUT2D eigenvalue weighted by atomic mass is 9.86. The highest BCUT2D eigenvalue weighted by atomic mass is 35.5. The lowest BCUT2D eigenvalue weighted by molar-refractivity contribution is -0.122. The number of halogens is 1. The predicted octanol–water partition coefficient (Wildman–Crippen LogP) is 1.63. The fourth-order valence-electron chi connectivity index (χ4n) is 2.68. The molecule has 0 fully saturated rings. The van der Waals surface area contributed by atoms with Gasteiger partial charge in [0, 0.05) is 36.6 Å². The van der Waals surface area contributed by atoms with Crippen molar-refractivity contribution in [3.8, 4) is 0 Å². The lowest BCUT2D eigenvalue weighted by Gasteiger charge is -2.21. The van der Waals surface area contributed by atoms with Gasteiger partial charge in [0.05, 0.1) is 17.8 Å². The highest BCUT2D eigenvalue weighted by molar-refractivity contribution is 6.29. The Hall–Kier alpha value is -1.95. The Kier molecular flexibility index (Phi) is 4.15. The summed E-state index contributed by atoms with van der Waals surface area (Å²) >= 11 is 5.94. The maximum absolute atomic E-state index is 12.3. The molecule has 2 N–H and O–H groups in total. The molecule has 2 aromatic heterocycles. The topological polar surface area (TPSA) is 83.6 Å². The quantitative estimate of drug-likeness (QED) is 0.899. The van der Waals surface area contributed by atoms with E-state index in [2.05, 4.69) is 25.5 Å². The van der Waals surface area contributed by atoms with Gasteiger partial charge in [-0.3, -0.25) is 14.9 Å². The van der Waals surface area contributed by atoms with Gasteiger partial charge in [-0.1, -0.05) is 11.6 Å². The van der Waals surface area contributed by atoms with Crippen LogP contribution in [0.3, 0.4) is 0 Å². The summed E-state index contributed by atoms with van der Waals surface area (Å²) in [6, 6.07) is 0. The Labute approximate surface area is 127 Å². The molecule has 2 aromatic rings. The van der Waals surface area contributed by atoms with Crippen molar-refractivity contribution in [2.45, 2.75) is 31.6 Å². The summed E-state index contributed by atoms with van der Waals surface area (Å²) in [4.78, 5) is 20.4. The zero-order valence-corrected chi connectivity index (χ0v) is 12.2. The van der Waals surface area contributed by atoms with Gasteiger partial charge in [0.2, 0.25) is 5.91 Å². The first-order valence-corrected chi connectivity index (χ1v) is 7.38. The molecule has 0 radical (unpaired) electrons. The van der Waals surface area contributed by atoms with Crippen LogP contribution >= 0.6 is 11.6 Å².